The van der Waals surface area contributed by atoms with Crippen LogP contribution in [0.25, 0.3) is 0 Å². The van der Waals surface area contributed by atoms with Crippen molar-refractivity contribution in [2.24, 2.45) is 0 Å². The van der Waals surface area contributed by atoms with Crippen LogP contribution in [0.15, 0.2) is 11.4 Å². The number of aryl methyl sites for hydroxylation is 1. The molecule has 0 unspecified atom stereocenters. The Hall–Kier alpha value is -1.97. The Bertz CT molecular complexity index is 856. The quantitative estimate of drug-likeness (QED) is 0.581. The van der Waals surface area contributed by atoms with E-state index in [9.17, 15) is 9.59 Å². The maximum atomic E-state index is 12.3. The Morgan fingerprint density at radius 1 is 1.12 bits per heavy atom. The molecule has 0 amide bonds. The van der Waals surface area contributed by atoms with Crippen LogP contribution in [0.1, 0.15) is 43.3 Å². The van der Waals surface area contributed by atoms with E-state index in [1.54, 1.807) is 11.4 Å². The molecule has 3 rings (SSSR count). The molecule has 0 atom stereocenters. The van der Waals surface area contributed by atoms with Crippen molar-refractivity contribution in [1.29, 1.82) is 0 Å². The zero-order chi connectivity index (χ0) is 18.7. The average Bonchev–Trinajstić information content (AvgIpc) is 3.24. The number of anilines is 2. The fourth-order valence-electron chi connectivity index (χ4n) is 2.89. The molecule has 1 aliphatic carbocycles. The van der Waals surface area contributed by atoms with Gasteiger partial charge in [-0.25, -0.2) is 9.59 Å². The number of nitrogens with one attached hydrogen (secondary N) is 2. The molecule has 0 aromatic carbocycles. The van der Waals surface area contributed by atoms with Gasteiger partial charge in [0.2, 0.25) is 0 Å². The average molecular weight is 411 g/mol. The first kappa shape index (κ1) is 18.8. The number of carbonyl (C=O) groups is 2. The van der Waals surface area contributed by atoms with E-state index in [-0.39, 0.29) is 5.97 Å². The molecule has 2 aromatic rings. The lowest BCUT2D eigenvalue weighted by Crippen LogP contribution is -2.21. The summed E-state index contributed by atoms with van der Waals surface area (Å²) in [5.41, 5.74) is 2.19. The van der Waals surface area contributed by atoms with E-state index in [1.165, 1.54) is 41.8 Å². The monoisotopic (exact) mass is 410 g/mol. The van der Waals surface area contributed by atoms with Gasteiger partial charge in [-0.2, -0.15) is 0 Å². The molecular weight excluding hydrogens is 392 g/mol. The van der Waals surface area contributed by atoms with Crippen LogP contribution in [-0.4, -0.2) is 31.3 Å². The highest BCUT2D eigenvalue weighted by Gasteiger charge is 2.26. The predicted molar refractivity (Wildman–Crippen MR) is 108 cm³/mol. The van der Waals surface area contributed by atoms with E-state index in [4.69, 9.17) is 21.7 Å². The van der Waals surface area contributed by atoms with Gasteiger partial charge < -0.3 is 20.1 Å². The highest BCUT2D eigenvalue weighted by atomic mass is 32.1. The van der Waals surface area contributed by atoms with E-state index in [0.717, 1.165) is 31.2 Å². The molecule has 1 aliphatic rings. The standard InChI is InChI=1S/C17H18N2O4S3/c1-22-15(20)12-9-5-3-4-6-11(9)26-14(12)19-17(24)18-10-7-8-25-13(10)16(21)23-2/h7-8H,3-6H2,1-2H3,(H2,18,19,24). The van der Waals surface area contributed by atoms with Crippen LogP contribution in [0.5, 0.6) is 0 Å². The molecule has 0 fully saturated rings. The molecule has 2 N–H and O–H groups in total. The van der Waals surface area contributed by atoms with Crippen LogP contribution in [-0.2, 0) is 22.3 Å². The molecule has 0 spiro atoms. The van der Waals surface area contributed by atoms with E-state index >= 15 is 0 Å². The van der Waals surface area contributed by atoms with Crippen LogP contribution in [0, 0.1) is 0 Å². The Morgan fingerprint density at radius 3 is 2.58 bits per heavy atom. The first-order chi connectivity index (χ1) is 12.5. The molecule has 9 heteroatoms. The number of fused-ring (bicyclic) bond motifs is 1. The second-order valence-corrected chi connectivity index (χ2v) is 8.07. The van der Waals surface area contributed by atoms with Crippen LogP contribution >= 0.6 is 34.9 Å². The van der Waals surface area contributed by atoms with Crippen molar-refractivity contribution in [1.82, 2.24) is 0 Å². The number of esters is 2. The molecule has 0 saturated carbocycles. The van der Waals surface area contributed by atoms with Gasteiger partial charge in [-0.15, -0.1) is 22.7 Å². The maximum absolute atomic E-state index is 12.3. The second-order valence-electron chi connectivity index (χ2n) is 5.64. The van der Waals surface area contributed by atoms with E-state index < -0.39 is 5.97 Å². The second kappa shape index (κ2) is 8.15. The number of rotatable bonds is 4. The Labute approximate surface area is 164 Å². The van der Waals surface area contributed by atoms with Crippen LogP contribution in [0.4, 0.5) is 10.7 Å². The lowest BCUT2D eigenvalue weighted by Gasteiger charge is -2.12. The lowest BCUT2D eigenvalue weighted by atomic mass is 9.95. The van der Waals surface area contributed by atoms with Crippen LogP contribution in [0.2, 0.25) is 0 Å². The van der Waals surface area contributed by atoms with Gasteiger partial charge in [0.25, 0.3) is 0 Å². The fourth-order valence-corrected chi connectivity index (χ4v) is 5.21. The van der Waals surface area contributed by atoms with Gasteiger partial charge in [0.1, 0.15) is 9.88 Å². The molecule has 6 nitrogen and oxygen atoms in total. The Balaban J connectivity index is 1.82. The fraction of sp³-hybridized carbons (Fsp3) is 0.353. The largest absolute Gasteiger partial charge is 0.465 e. The molecule has 0 saturated heterocycles. The molecule has 2 heterocycles. The van der Waals surface area contributed by atoms with Crippen molar-refractivity contribution in [3.05, 3.63) is 32.3 Å². The summed E-state index contributed by atoms with van der Waals surface area (Å²) < 4.78 is 9.72. The van der Waals surface area contributed by atoms with Crippen LogP contribution < -0.4 is 10.6 Å². The van der Waals surface area contributed by atoms with Crippen molar-refractivity contribution < 1.29 is 19.1 Å². The number of thiocarbonyl (C=S) groups is 1. The van der Waals surface area contributed by atoms with Crippen molar-refractivity contribution in [2.45, 2.75) is 25.7 Å². The number of thiophene rings is 2. The van der Waals surface area contributed by atoms with Gasteiger partial charge in [0, 0.05) is 4.88 Å². The third-order valence-electron chi connectivity index (χ3n) is 4.07. The van der Waals surface area contributed by atoms with Gasteiger partial charge in [-0.05, 0) is 54.9 Å². The molecule has 138 valence electrons. The molecule has 0 aliphatic heterocycles. The third-order valence-corrected chi connectivity index (χ3v) is 6.38. The summed E-state index contributed by atoms with van der Waals surface area (Å²) in [6.07, 6.45) is 4.01. The molecular formula is C17H18N2O4S3. The summed E-state index contributed by atoms with van der Waals surface area (Å²) in [6, 6.07) is 1.76. The summed E-state index contributed by atoms with van der Waals surface area (Å²) >= 11 is 8.18. The number of ether oxygens (including phenoxy) is 2. The first-order valence-corrected chi connectivity index (χ1v) is 10.1. The Morgan fingerprint density at radius 2 is 1.85 bits per heavy atom. The highest BCUT2D eigenvalue weighted by Crippen LogP contribution is 2.38. The van der Waals surface area contributed by atoms with Crippen molar-refractivity contribution in [2.75, 3.05) is 24.9 Å². The summed E-state index contributed by atoms with van der Waals surface area (Å²) in [7, 11) is 2.71. The zero-order valence-corrected chi connectivity index (χ0v) is 16.8. The van der Waals surface area contributed by atoms with E-state index in [0.29, 0.717) is 26.2 Å². The first-order valence-electron chi connectivity index (χ1n) is 8.01. The number of carbonyl (C=O) groups excluding carboxylic acids is 2. The zero-order valence-electron chi connectivity index (χ0n) is 14.3. The minimum absolute atomic E-state index is 0.303. The molecule has 2 aromatic heterocycles. The van der Waals surface area contributed by atoms with Gasteiger partial charge in [-0.1, -0.05) is 0 Å². The summed E-state index contributed by atoms with van der Waals surface area (Å²) in [6.45, 7) is 0. The predicted octanol–water partition coefficient (Wildman–Crippen LogP) is 4.07. The maximum Gasteiger partial charge on any atom is 0.350 e. The number of hydrogen-bond donors (Lipinski definition) is 2. The van der Waals surface area contributed by atoms with Gasteiger partial charge in [0.15, 0.2) is 5.11 Å². The van der Waals surface area contributed by atoms with Crippen molar-refractivity contribution >= 4 is 62.6 Å². The smallest absolute Gasteiger partial charge is 0.350 e. The summed E-state index contributed by atoms with van der Waals surface area (Å²) in [5, 5.41) is 8.86. The van der Waals surface area contributed by atoms with Gasteiger partial charge in [0.05, 0.1) is 25.5 Å². The van der Waals surface area contributed by atoms with Gasteiger partial charge >= 0.3 is 11.9 Å². The van der Waals surface area contributed by atoms with E-state index in [2.05, 4.69) is 10.6 Å². The van der Waals surface area contributed by atoms with E-state index in [1.807, 2.05) is 0 Å². The lowest BCUT2D eigenvalue weighted by molar-refractivity contribution is 0.0594. The number of hydrogen-bond acceptors (Lipinski definition) is 7. The summed E-state index contributed by atoms with van der Waals surface area (Å²) in [4.78, 5) is 25.7. The SMILES string of the molecule is COC(=O)c1sccc1NC(=S)Nc1sc2c(c1C(=O)OC)CCCC2. The van der Waals surface area contributed by atoms with Crippen molar-refractivity contribution in [3.63, 3.8) is 0 Å². The number of methoxy groups -OCH3 is 2. The topological polar surface area (TPSA) is 76.7 Å². The minimum atomic E-state index is -0.424. The van der Waals surface area contributed by atoms with Crippen LogP contribution in [0.3, 0.4) is 0 Å². The summed E-state index contributed by atoms with van der Waals surface area (Å²) in [5.74, 6) is -0.785. The minimum Gasteiger partial charge on any atom is -0.465 e. The normalized spacial score (nSPS) is 12.8. The third kappa shape index (κ3) is 3.74. The van der Waals surface area contributed by atoms with Crippen molar-refractivity contribution in [3.8, 4) is 0 Å². The van der Waals surface area contributed by atoms with Gasteiger partial charge in [-0.3, -0.25) is 0 Å². The molecule has 0 radical (unpaired) electrons. The Kier molecular flexibility index (Phi) is 5.90. The molecule has 0 bridgehead atoms. The highest BCUT2D eigenvalue weighted by molar-refractivity contribution is 7.80. The molecule has 26 heavy (non-hydrogen) atoms.